The van der Waals surface area contributed by atoms with Gasteiger partial charge in [-0.05, 0) is 70.6 Å². The summed E-state index contributed by atoms with van der Waals surface area (Å²) in [5.74, 6) is -0.917. The average molecular weight is 794 g/mol. The third-order valence-electron chi connectivity index (χ3n) is 8.30. The van der Waals surface area contributed by atoms with Crippen molar-refractivity contribution in [2.75, 3.05) is 47.5 Å². The Balaban J connectivity index is 4.50. The molecule has 0 aliphatic heterocycles. The maximum absolute atomic E-state index is 12.6. The van der Waals surface area contributed by atoms with E-state index in [1.54, 1.807) is 6.08 Å². The van der Waals surface area contributed by atoms with E-state index in [4.69, 9.17) is 18.5 Å². The smallest absolute Gasteiger partial charge is 0.306 e. The van der Waals surface area contributed by atoms with Crippen LogP contribution in [0.5, 0.6) is 0 Å². The average Bonchev–Trinajstić information content (AvgIpc) is 3.12. The first kappa shape index (κ1) is 52.4. The van der Waals surface area contributed by atoms with Crippen LogP contribution in [0.3, 0.4) is 0 Å². The molecular weight excluding hydrogens is 717 g/mol. The zero-order valence-electron chi connectivity index (χ0n) is 35.0. The normalized spacial score (nSPS) is 15.0. The number of rotatable bonds is 36. The zero-order chi connectivity index (χ0) is 40.9. The summed E-state index contributed by atoms with van der Waals surface area (Å²) in [6.07, 6.45) is 39.7. The van der Waals surface area contributed by atoms with Gasteiger partial charge in [0.25, 0.3) is 7.82 Å². The van der Waals surface area contributed by atoms with E-state index in [1.807, 2.05) is 45.4 Å². The van der Waals surface area contributed by atoms with Gasteiger partial charge < -0.3 is 33.0 Å². The minimum Gasteiger partial charge on any atom is -0.756 e. The molecule has 0 aromatic heterocycles. The Morgan fingerprint density at radius 1 is 0.673 bits per heavy atom. The summed E-state index contributed by atoms with van der Waals surface area (Å²) in [6.45, 7) is 3.81. The molecule has 0 radical (unpaired) electrons. The van der Waals surface area contributed by atoms with Crippen LogP contribution in [-0.4, -0.2) is 81.2 Å². The number of carbonyl (C=O) groups is 2. The predicted octanol–water partition coefficient (Wildman–Crippen LogP) is 9.80. The lowest BCUT2D eigenvalue weighted by molar-refractivity contribution is -0.870. The minimum absolute atomic E-state index is 0.0506. The summed E-state index contributed by atoms with van der Waals surface area (Å²) in [4.78, 5) is 37.5. The number of nitrogens with zero attached hydrogens (tertiary/aromatic N) is 1. The van der Waals surface area contributed by atoms with Crippen LogP contribution in [0, 0.1) is 0 Å². The fourth-order valence-corrected chi connectivity index (χ4v) is 5.78. The summed E-state index contributed by atoms with van der Waals surface area (Å²) in [5, 5.41) is 9.87. The molecule has 0 aromatic carbocycles. The van der Waals surface area contributed by atoms with E-state index < -0.39 is 38.6 Å². The molecule has 0 fully saturated rings. The topological polar surface area (TPSA) is 131 Å². The molecule has 0 saturated heterocycles. The molecule has 0 bridgehead atoms. The van der Waals surface area contributed by atoms with Crippen molar-refractivity contribution in [2.24, 2.45) is 0 Å². The summed E-state index contributed by atoms with van der Waals surface area (Å²) in [6, 6.07) is 0. The Morgan fingerprint density at radius 2 is 1.22 bits per heavy atom. The summed E-state index contributed by atoms with van der Waals surface area (Å²) < 4.78 is 33.8. The molecule has 0 aromatic rings. The van der Waals surface area contributed by atoms with E-state index >= 15 is 0 Å². The molecule has 10 nitrogen and oxygen atoms in total. The number of aliphatic hydroxyl groups excluding tert-OH is 1. The summed E-state index contributed by atoms with van der Waals surface area (Å²) in [7, 11) is 1.10. The van der Waals surface area contributed by atoms with Gasteiger partial charge in [-0.3, -0.25) is 14.2 Å². The number of phosphoric ester groups is 1. The molecule has 0 amide bonds. The van der Waals surface area contributed by atoms with Crippen LogP contribution in [0.1, 0.15) is 136 Å². The van der Waals surface area contributed by atoms with Crippen molar-refractivity contribution in [3.8, 4) is 0 Å². The standard InChI is InChI=1S/C44H76NO9P/c1-6-8-10-11-12-13-14-15-16-17-18-21-25-28-32-36-44(48)54-42(40-53-55(49,50)52-38-37-45(3,4)5)39-51-43(47)35-31-27-24-22-19-20-23-26-30-34-41(46)33-29-9-7-2/h8-10,12-13,15-16,23,26,29-30,34,41-42,46H,6-7,11,14,17-22,24-25,27-28,31-33,35-40H2,1-5H3/b10-8-,13-12-,16-15-,26-23+,29-9+,34-30+/t41?,42-/m1/s1. The van der Waals surface area contributed by atoms with E-state index in [2.05, 4.69) is 56.4 Å². The lowest BCUT2D eigenvalue weighted by Gasteiger charge is -2.28. The monoisotopic (exact) mass is 794 g/mol. The van der Waals surface area contributed by atoms with Gasteiger partial charge in [-0.2, -0.15) is 0 Å². The van der Waals surface area contributed by atoms with Crippen molar-refractivity contribution >= 4 is 19.8 Å². The molecule has 316 valence electrons. The molecule has 11 heteroatoms. The minimum atomic E-state index is -4.65. The summed E-state index contributed by atoms with van der Waals surface area (Å²) >= 11 is 0. The van der Waals surface area contributed by atoms with Crippen molar-refractivity contribution in [1.29, 1.82) is 0 Å². The number of aliphatic hydroxyl groups is 1. The van der Waals surface area contributed by atoms with E-state index in [1.165, 1.54) is 0 Å². The highest BCUT2D eigenvalue weighted by Crippen LogP contribution is 2.38. The number of ether oxygens (including phenoxy) is 2. The number of hydrogen-bond donors (Lipinski definition) is 1. The molecule has 0 aliphatic rings. The van der Waals surface area contributed by atoms with Crippen LogP contribution >= 0.6 is 7.82 Å². The van der Waals surface area contributed by atoms with Gasteiger partial charge in [0.15, 0.2) is 6.10 Å². The quantitative estimate of drug-likeness (QED) is 0.0165. The second kappa shape index (κ2) is 35.8. The first-order chi connectivity index (χ1) is 26.4. The van der Waals surface area contributed by atoms with Gasteiger partial charge in [-0.1, -0.05) is 125 Å². The van der Waals surface area contributed by atoms with Crippen LogP contribution in [0.2, 0.25) is 0 Å². The molecule has 55 heavy (non-hydrogen) atoms. The first-order valence-corrected chi connectivity index (χ1v) is 22.2. The van der Waals surface area contributed by atoms with Gasteiger partial charge >= 0.3 is 11.9 Å². The van der Waals surface area contributed by atoms with Gasteiger partial charge in [0.2, 0.25) is 0 Å². The first-order valence-electron chi connectivity index (χ1n) is 20.8. The van der Waals surface area contributed by atoms with Crippen LogP contribution < -0.4 is 4.89 Å². The Hall–Kier alpha value is -2.59. The predicted molar refractivity (Wildman–Crippen MR) is 223 cm³/mol. The number of likely N-dealkylation sites (N-methyl/N-ethyl adjacent to an activating group) is 1. The van der Waals surface area contributed by atoms with Crippen LogP contribution in [-0.2, 0) is 32.7 Å². The lowest BCUT2D eigenvalue weighted by Crippen LogP contribution is -2.37. The van der Waals surface area contributed by atoms with E-state index in [0.29, 0.717) is 30.3 Å². The Kier molecular flexibility index (Phi) is 34.1. The number of unbranched alkanes of at least 4 members (excludes halogenated alkanes) is 10. The highest BCUT2D eigenvalue weighted by molar-refractivity contribution is 7.45. The molecule has 0 rings (SSSR count). The van der Waals surface area contributed by atoms with Crippen molar-refractivity contribution in [3.05, 3.63) is 72.9 Å². The maximum Gasteiger partial charge on any atom is 0.306 e. The van der Waals surface area contributed by atoms with Crippen molar-refractivity contribution in [3.63, 3.8) is 0 Å². The Bertz CT molecular complexity index is 1190. The van der Waals surface area contributed by atoms with Gasteiger partial charge in [0.1, 0.15) is 19.8 Å². The fraction of sp³-hybridized carbons (Fsp3) is 0.682. The van der Waals surface area contributed by atoms with Gasteiger partial charge in [0, 0.05) is 12.8 Å². The number of carbonyl (C=O) groups excluding carboxylic acids is 2. The van der Waals surface area contributed by atoms with Crippen LogP contribution in [0.25, 0.3) is 0 Å². The molecule has 0 saturated carbocycles. The van der Waals surface area contributed by atoms with Gasteiger partial charge in [-0.15, -0.1) is 0 Å². The SMILES string of the molecule is CC/C=C\C/C=C\C/C=C\CCCCCCCC(=O)O[C@H](COC(=O)CCCCCCC/C=C/C=C/C(O)C/C=C/CC)COP(=O)([O-])OCC[N+](C)(C)C. The van der Waals surface area contributed by atoms with Crippen LogP contribution in [0.4, 0.5) is 0 Å². The van der Waals surface area contributed by atoms with Crippen LogP contribution in [0.15, 0.2) is 72.9 Å². The molecular formula is C44H76NO9P. The van der Waals surface area contributed by atoms with E-state index in [9.17, 15) is 24.2 Å². The molecule has 0 heterocycles. The second-order valence-electron chi connectivity index (χ2n) is 14.8. The highest BCUT2D eigenvalue weighted by Gasteiger charge is 2.21. The zero-order valence-corrected chi connectivity index (χ0v) is 35.8. The van der Waals surface area contributed by atoms with E-state index in [-0.39, 0.29) is 26.1 Å². The lowest BCUT2D eigenvalue weighted by atomic mass is 10.1. The Morgan fingerprint density at radius 3 is 1.85 bits per heavy atom. The third kappa shape index (κ3) is 39.4. The molecule has 3 atom stereocenters. The van der Waals surface area contributed by atoms with Gasteiger partial charge in [-0.25, -0.2) is 0 Å². The van der Waals surface area contributed by atoms with Crippen molar-refractivity contribution < 1.29 is 47.2 Å². The molecule has 1 N–H and O–H groups in total. The highest BCUT2D eigenvalue weighted by atomic mass is 31.2. The molecule has 2 unspecified atom stereocenters. The number of phosphoric acid groups is 1. The van der Waals surface area contributed by atoms with E-state index in [0.717, 1.165) is 89.9 Å². The molecule has 0 aliphatic carbocycles. The van der Waals surface area contributed by atoms with Crippen molar-refractivity contribution in [1.82, 2.24) is 0 Å². The number of quaternary nitrogens is 1. The fourth-order valence-electron chi connectivity index (χ4n) is 5.06. The number of hydrogen-bond acceptors (Lipinski definition) is 9. The number of esters is 2. The maximum atomic E-state index is 12.6. The van der Waals surface area contributed by atoms with Crippen molar-refractivity contribution in [2.45, 2.75) is 148 Å². The number of allylic oxidation sites excluding steroid dienone is 10. The van der Waals surface area contributed by atoms with Gasteiger partial charge in [0.05, 0.1) is 33.9 Å². The Labute approximate surface area is 334 Å². The largest absolute Gasteiger partial charge is 0.756 e. The third-order valence-corrected chi connectivity index (χ3v) is 9.27. The summed E-state index contributed by atoms with van der Waals surface area (Å²) in [5.41, 5.74) is 0. The second-order valence-corrected chi connectivity index (χ2v) is 16.2. The molecule has 0 spiro atoms.